The number of carbonyl (C=O) groups excluding carboxylic acids is 1. The number of amides is 1. The normalized spacial score (nSPS) is 22.8. The maximum Gasteiger partial charge on any atom is 0.412 e. The van der Waals surface area contributed by atoms with Gasteiger partial charge in [-0.3, -0.25) is 4.90 Å². The summed E-state index contributed by atoms with van der Waals surface area (Å²) in [6.07, 6.45) is -2.05. The smallest absolute Gasteiger partial charge is 0.412 e. The summed E-state index contributed by atoms with van der Waals surface area (Å²) in [5, 5.41) is 9.65. The Hall–Kier alpha value is -2.28. The van der Waals surface area contributed by atoms with E-state index in [9.17, 15) is 14.7 Å². The molecule has 7 heteroatoms. The quantitative estimate of drug-likeness (QED) is 0.837. The fourth-order valence-corrected chi connectivity index (χ4v) is 3.11. The molecule has 0 spiro atoms. The number of methoxy groups -OCH3 is 1. The molecule has 1 amide bonds. The topological polar surface area (TPSA) is 85.3 Å². The lowest BCUT2D eigenvalue weighted by atomic mass is 9.98. The van der Waals surface area contributed by atoms with Crippen molar-refractivity contribution in [3.05, 3.63) is 29.8 Å². The third-order valence-electron chi connectivity index (χ3n) is 4.20. The van der Waals surface area contributed by atoms with E-state index in [0.29, 0.717) is 17.7 Å². The maximum absolute atomic E-state index is 12.9. The Morgan fingerprint density at radius 3 is 2.26 bits per heavy atom. The van der Waals surface area contributed by atoms with E-state index in [4.69, 9.17) is 14.2 Å². The van der Waals surface area contributed by atoms with E-state index in [1.54, 1.807) is 52.1 Å². The molecule has 1 N–H and O–H groups in total. The average Bonchev–Trinajstić information content (AvgIpc) is 2.92. The van der Waals surface area contributed by atoms with Crippen LogP contribution in [0.25, 0.3) is 0 Å². The van der Waals surface area contributed by atoms with Gasteiger partial charge in [0.25, 0.3) is 0 Å². The lowest BCUT2D eigenvalue weighted by molar-refractivity contribution is -0.150. The van der Waals surface area contributed by atoms with Crippen LogP contribution < -0.4 is 4.74 Å². The lowest BCUT2D eigenvalue weighted by Crippen LogP contribution is -2.45. The van der Waals surface area contributed by atoms with Gasteiger partial charge in [-0.1, -0.05) is 26.0 Å². The van der Waals surface area contributed by atoms with Gasteiger partial charge >= 0.3 is 12.1 Å². The Morgan fingerprint density at radius 2 is 1.81 bits per heavy atom. The molecule has 0 radical (unpaired) electrons. The van der Waals surface area contributed by atoms with Crippen LogP contribution in [0.3, 0.4) is 0 Å². The first-order valence-corrected chi connectivity index (χ1v) is 9.07. The Labute approximate surface area is 160 Å². The molecule has 0 bridgehead atoms. The molecule has 1 aliphatic rings. The summed E-state index contributed by atoms with van der Waals surface area (Å²) in [4.78, 5) is 26.2. The number of hydrogen-bond acceptors (Lipinski definition) is 5. The van der Waals surface area contributed by atoms with Crippen LogP contribution in [0.5, 0.6) is 5.75 Å². The maximum atomic E-state index is 12.9. The van der Waals surface area contributed by atoms with Crippen molar-refractivity contribution in [2.75, 3.05) is 7.11 Å². The number of carboxylic acids is 1. The fraction of sp³-hybridized carbons (Fsp3) is 0.600. The lowest BCUT2D eigenvalue weighted by Gasteiger charge is -2.32. The van der Waals surface area contributed by atoms with E-state index in [-0.39, 0.29) is 5.92 Å². The Balaban J connectivity index is 2.43. The second-order valence-electron chi connectivity index (χ2n) is 8.10. The molecule has 1 aromatic rings. The first-order chi connectivity index (χ1) is 12.5. The Bertz CT molecular complexity index is 664. The van der Waals surface area contributed by atoms with Crippen molar-refractivity contribution in [3.8, 4) is 5.75 Å². The molecule has 1 fully saturated rings. The summed E-state index contributed by atoms with van der Waals surface area (Å²) in [5.74, 6) is -0.251. The molecule has 0 saturated carbocycles. The van der Waals surface area contributed by atoms with Crippen LogP contribution in [0.15, 0.2) is 24.3 Å². The standard InChI is InChI=1S/C20H29NO6/c1-12(2)11-15-16(18(22)23)26-17(13-7-9-14(25-6)10-8-13)21(15)19(24)27-20(3,4)5/h7-10,12,15-17H,11H2,1-6H3,(H,22,23)/t15?,16-,17?/m1/s1. The van der Waals surface area contributed by atoms with Crippen LogP contribution in [0, 0.1) is 5.92 Å². The molecular formula is C20H29NO6. The minimum Gasteiger partial charge on any atom is -0.497 e. The molecule has 0 aromatic heterocycles. The zero-order valence-electron chi connectivity index (χ0n) is 16.8. The van der Waals surface area contributed by atoms with Crippen molar-refractivity contribution in [1.82, 2.24) is 4.90 Å². The van der Waals surface area contributed by atoms with Crippen molar-refractivity contribution in [3.63, 3.8) is 0 Å². The van der Waals surface area contributed by atoms with Gasteiger partial charge in [0.15, 0.2) is 12.3 Å². The third kappa shape index (κ3) is 5.13. The fourth-order valence-electron chi connectivity index (χ4n) is 3.11. The first kappa shape index (κ1) is 21.0. The zero-order valence-corrected chi connectivity index (χ0v) is 16.8. The molecule has 3 atom stereocenters. The van der Waals surface area contributed by atoms with Gasteiger partial charge in [0, 0.05) is 5.56 Å². The molecule has 1 aromatic carbocycles. The van der Waals surface area contributed by atoms with E-state index in [0.717, 1.165) is 0 Å². The molecule has 1 aliphatic heterocycles. The summed E-state index contributed by atoms with van der Waals surface area (Å²) >= 11 is 0. The molecule has 1 heterocycles. The number of nitrogens with zero attached hydrogens (tertiary/aromatic N) is 1. The summed E-state index contributed by atoms with van der Waals surface area (Å²) < 4.78 is 16.5. The highest BCUT2D eigenvalue weighted by atomic mass is 16.6. The number of carbonyl (C=O) groups is 2. The number of carboxylic acid groups (broad SMARTS) is 1. The SMILES string of the molecule is COc1ccc(C2O[C@@H](C(=O)O)C(CC(C)C)N2C(=O)OC(C)(C)C)cc1. The molecular weight excluding hydrogens is 350 g/mol. The minimum absolute atomic E-state index is 0.181. The average molecular weight is 379 g/mol. The summed E-state index contributed by atoms with van der Waals surface area (Å²) in [6, 6.07) is 6.40. The highest BCUT2D eigenvalue weighted by Gasteiger charge is 2.50. The number of rotatable bonds is 5. The second-order valence-corrected chi connectivity index (χ2v) is 8.10. The molecule has 1 saturated heterocycles. The van der Waals surface area contributed by atoms with Crippen molar-refractivity contribution < 1.29 is 28.9 Å². The number of aliphatic carboxylic acids is 1. The van der Waals surface area contributed by atoms with Crippen molar-refractivity contribution >= 4 is 12.1 Å². The molecule has 0 aliphatic carbocycles. The third-order valence-corrected chi connectivity index (χ3v) is 4.20. The van der Waals surface area contributed by atoms with Gasteiger partial charge in [-0.15, -0.1) is 0 Å². The van der Waals surface area contributed by atoms with Gasteiger partial charge in [-0.25, -0.2) is 9.59 Å². The van der Waals surface area contributed by atoms with Crippen LogP contribution in [-0.2, 0) is 14.3 Å². The molecule has 2 rings (SSSR count). The van der Waals surface area contributed by atoms with Gasteiger partial charge in [0.05, 0.1) is 13.2 Å². The summed E-state index contributed by atoms with van der Waals surface area (Å²) in [7, 11) is 1.56. The predicted octanol–water partition coefficient (Wildman–Crippen LogP) is 3.83. The van der Waals surface area contributed by atoms with Crippen LogP contribution in [0.4, 0.5) is 4.79 Å². The van der Waals surface area contributed by atoms with E-state index in [1.165, 1.54) is 4.90 Å². The van der Waals surface area contributed by atoms with Crippen molar-refractivity contribution in [1.29, 1.82) is 0 Å². The van der Waals surface area contributed by atoms with Gasteiger partial charge in [0.2, 0.25) is 0 Å². The highest BCUT2D eigenvalue weighted by molar-refractivity contribution is 5.77. The minimum atomic E-state index is -1.12. The van der Waals surface area contributed by atoms with E-state index in [1.807, 2.05) is 13.8 Å². The Morgan fingerprint density at radius 1 is 1.22 bits per heavy atom. The Kier molecular flexibility index (Phi) is 6.36. The van der Waals surface area contributed by atoms with Crippen LogP contribution in [-0.4, -0.2) is 46.9 Å². The number of ether oxygens (including phenoxy) is 3. The first-order valence-electron chi connectivity index (χ1n) is 9.07. The van der Waals surface area contributed by atoms with E-state index < -0.39 is 36.0 Å². The molecule has 7 nitrogen and oxygen atoms in total. The van der Waals surface area contributed by atoms with E-state index in [2.05, 4.69) is 0 Å². The molecule has 2 unspecified atom stereocenters. The van der Waals surface area contributed by atoms with Gasteiger partial charge < -0.3 is 19.3 Å². The van der Waals surface area contributed by atoms with Crippen molar-refractivity contribution in [2.45, 2.75) is 65.0 Å². The largest absolute Gasteiger partial charge is 0.497 e. The van der Waals surface area contributed by atoms with E-state index >= 15 is 0 Å². The monoisotopic (exact) mass is 379 g/mol. The van der Waals surface area contributed by atoms with Crippen LogP contribution >= 0.6 is 0 Å². The summed E-state index contributed by atoms with van der Waals surface area (Å²) in [5.41, 5.74) is -0.0372. The number of hydrogen-bond donors (Lipinski definition) is 1. The van der Waals surface area contributed by atoms with Gasteiger partial charge in [-0.2, -0.15) is 0 Å². The molecule has 27 heavy (non-hydrogen) atoms. The summed E-state index contributed by atoms with van der Waals surface area (Å²) in [6.45, 7) is 9.28. The highest BCUT2D eigenvalue weighted by Crippen LogP contribution is 2.39. The second kappa shape index (κ2) is 8.17. The number of benzene rings is 1. The zero-order chi connectivity index (χ0) is 20.4. The van der Waals surface area contributed by atoms with Crippen LogP contribution in [0.1, 0.15) is 52.8 Å². The predicted molar refractivity (Wildman–Crippen MR) is 99.6 cm³/mol. The van der Waals surface area contributed by atoms with Crippen molar-refractivity contribution in [2.24, 2.45) is 5.92 Å². The van der Waals surface area contributed by atoms with Gasteiger partial charge in [-0.05, 0) is 45.2 Å². The van der Waals surface area contributed by atoms with Gasteiger partial charge in [0.1, 0.15) is 11.4 Å². The molecule has 150 valence electrons. The van der Waals surface area contributed by atoms with Crippen LogP contribution in [0.2, 0.25) is 0 Å².